The summed E-state index contributed by atoms with van der Waals surface area (Å²) < 4.78 is 43.3. The van der Waals surface area contributed by atoms with E-state index in [9.17, 15) is 22.4 Å². The molecule has 3 aromatic rings. The predicted octanol–water partition coefficient (Wildman–Crippen LogP) is 5.97. The molecule has 0 spiro atoms. The van der Waals surface area contributed by atoms with Gasteiger partial charge in [-0.05, 0) is 63.6 Å². The van der Waals surface area contributed by atoms with Crippen molar-refractivity contribution in [2.24, 2.45) is 0 Å². The minimum Gasteiger partial charge on any atom is -0.352 e. The zero-order chi connectivity index (χ0) is 29.6. The Labute approximate surface area is 244 Å². The number of amides is 2. The van der Waals surface area contributed by atoms with Gasteiger partial charge in [0.2, 0.25) is 11.8 Å². The SMILES string of the molecule is CC[C@H](C)NC(=O)[C@H](C)N(Cc1c(Cl)cccc1Cl)C(=O)CN(c1ccccc1F)S(=O)(=O)c1ccc(C)cc1. The topological polar surface area (TPSA) is 86.8 Å². The summed E-state index contributed by atoms with van der Waals surface area (Å²) in [5.74, 6) is -2.01. The second-order valence-corrected chi connectivity index (χ2v) is 12.2. The summed E-state index contributed by atoms with van der Waals surface area (Å²) in [6.45, 7) is 6.11. The molecule has 2 amide bonds. The standard InChI is InChI=1S/C29H32Cl2FN3O4S/c1-5-20(3)33-29(37)21(4)34(17-23-24(30)9-8-10-25(23)31)28(36)18-35(27-12-7-6-11-26(27)32)40(38,39)22-15-13-19(2)14-16-22/h6-16,20-21H,5,17-18H2,1-4H3,(H,33,37)/t20-,21-/m0/s1. The number of anilines is 1. The molecule has 0 fully saturated rings. The number of carbonyl (C=O) groups is 2. The van der Waals surface area contributed by atoms with E-state index in [0.29, 0.717) is 12.0 Å². The van der Waals surface area contributed by atoms with Crippen LogP contribution < -0.4 is 9.62 Å². The first-order valence-corrected chi connectivity index (χ1v) is 14.9. The van der Waals surface area contributed by atoms with E-state index in [4.69, 9.17) is 23.2 Å². The van der Waals surface area contributed by atoms with Crippen LogP contribution in [0.4, 0.5) is 10.1 Å². The molecule has 0 saturated heterocycles. The summed E-state index contributed by atoms with van der Waals surface area (Å²) >= 11 is 12.8. The highest BCUT2D eigenvalue weighted by Gasteiger charge is 2.34. The number of aryl methyl sites for hydroxylation is 1. The number of halogens is 3. The molecule has 3 aromatic carbocycles. The van der Waals surface area contributed by atoms with E-state index in [1.165, 1.54) is 42.2 Å². The molecule has 0 aromatic heterocycles. The molecule has 7 nitrogen and oxygen atoms in total. The van der Waals surface area contributed by atoms with Gasteiger partial charge < -0.3 is 10.2 Å². The first-order chi connectivity index (χ1) is 18.9. The Kier molecular flexibility index (Phi) is 10.6. The molecule has 0 unspecified atom stereocenters. The number of benzene rings is 3. The number of sulfonamides is 1. The van der Waals surface area contributed by atoms with Gasteiger partial charge in [-0.25, -0.2) is 12.8 Å². The third-order valence-electron chi connectivity index (χ3n) is 6.57. The highest BCUT2D eigenvalue weighted by Crippen LogP contribution is 2.29. The smallest absolute Gasteiger partial charge is 0.264 e. The van der Waals surface area contributed by atoms with Crippen LogP contribution in [0.15, 0.2) is 71.6 Å². The summed E-state index contributed by atoms with van der Waals surface area (Å²) in [5.41, 5.74) is 0.918. The van der Waals surface area contributed by atoms with Crippen molar-refractivity contribution in [2.75, 3.05) is 10.8 Å². The minimum absolute atomic E-state index is 0.114. The molecular weight excluding hydrogens is 576 g/mol. The van der Waals surface area contributed by atoms with Crippen molar-refractivity contribution in [3.63, 3.8) is 0 Å². The van der Waals surface area contributed by atoms with Gasteiger partial charge in [-0.3, -0.25) is 13.9 Å². The van der Waals surface area contributed by atoms with Crippen molar-refractivity contribution in [2.45, 2.75) is 57.6 Å². The van der Waals surface area contributed by atoms with E-state index >= 15 is 0 Å². The van der Waals surface area contributed by atoms with Crippen LogP contribution in [-0.4, -0.2) is 43.8 Å². The number of carbonyl (C=O) groups excluding carboxylic acids is 2. The molecule has 3 rings (SSSR count). The first-order valence-electron chi connectivity index (χ1n) is 12.7. The maximum atomic E-state index is 15.0. The van der Waals surface area contributed by atoms with Crippen LogP contribution >= 0.6 is 23.2 Å². The Morgan fingerprint density at radius 3 is 2.12 bits per heavy atom. The van der Waals surface area contributed by atoms with Crippen molar-refractivity contribution >= 4 is 50.7 Å². The molecule has 0 heterocycles. The fourth-order valence-corrected chi connectivity index (χ4v) is 5.85. The van der Waals surface area contributed by atoms with Crippen molar-refractivity contribution in [1.29, 1.82) is 0 Å². The molecule has 1 N–H and O–H groups in total. The van der Waals surface area contributed by atoms with E-state index < -0.39 is 40.2 Å². The Morgan fingerprint density at radius 1 is 0.950 bits per heavy atom. The van der Waals surface area contributed by atoms with E-state index in [2.05, 4.69) is 5.32 Å². The van der Waals surface area contributed by atoms with Crippen LogP contribution in [0, 0.1) is 12.7 Å². The fraction of sp³-hybridized carbons (Fsp3) is 0.310. The summed E-state index contributed by atoms with van der Waals surface area (Å²) in [6.07, 6.45) is 0.665. The largest absolute Gasteiger partial charge is 0.352 e. The second kappa shape index (κ2) is 13.5. The van der Waals surface area contributed by atoms with Crippen molar-refractivity contribution in [3.05, 3.63) is 93.7 Å². The summed E-state index contributed by atoms with van der Waals surface area (Å²) in [4.78, 5) is 28.1. The summed E-state index contributed by atoms with van der Waals surface area (Å²) in [5, 5.41) is 3.40. The number of rotatable bonds is 11. The Bertz CT molecular complexity index is 1450. The highest BCUT2D eigenvalue weighted by molar-refractivity contribution is 7.92. The number of hydrogen-bond acceptors (Lipinski definition) is 4. The molecule has 0 aliphatic heterocycles. The van der Waals surface area contributed by atoms with Crippen LogP contribution in [0.1, 0.15) is 38.3 Å². The number of nitrogens with one attached hydrogen (secondary N) is 1. The van der Waals surface area contributed by atoms with Crippen LogP contribution in [0.3, 0.4) is 0 Å². The summed E-state index contributed by atoms with van der Waals surface area (Å²) in [6, 6.07) is 15.0. The monoisotopic (exact) mass is 607 g/mol. The lowest BCUT2D eigenvalue weighted by Gasteiger charge is -2.33. The lowest BCUT2D eigenvalue weighted by molar-refractivity contribution is -0.139. The third-order valence-corrected chi connectivity index (χ3v) is 9.05. The van der Waals surface area contributed by atoms with Crippen LogP contribution in [0.2, 0.25) is 10.0 Å². The first kappa shape index (κ1) is 31.4. The van der Waals surface area contributed by atoms with Gasteiger partial charge in [-0.15, -0.1) is 0 Å². The van der Waals surface area contributed by atoms with Gasteiger partial charge in [0.05, 0.1) is 10.6 Å². The van der Waals surface area contributed by atoms with Gasteiger partial charge in [0.1, 0.15) is 18.4 Å². The Balaban J connectivity index is 2.08. The molecule has 0 bridgehead atoms. The van der Waals surface area contributed by atoms with Crippen molar-refractivity contribution in [1.82, 2.24) is 10.2 Å². The zero-order valence-corrected chi connectivity index (χ0v) is 25.0. The van der Waals surface area contributed by atoms with Gasteiger partial charge in [0.15, 0.2) is 0 Å². The number of hydrogen-bond donors (Lipinski definition) is 1. The minimum atomic E-state index is -4.39. The van der Waals surface area contributed by atoms with Gasteiger partial charge in [0.25, 0.3) is 10.0 Å². The average Bonchev–Trinajstić information content (AvgIpc) is 2.91. The fourth-order valence-electron chi connectivity index (χ4n) is 3.91. The summed E-state index contributed by atoms with van der Waals surface area (Å²) in [7, 11) is -4.39. The molecule has 0 radical (unpaired) electrons. The Morgan fingerprint density at radius 2 is 1.55 bits per heavy atom. The normalized spacial score (nSPS) is 12.9. The van der Waals surface area contributed by atoms with E-state index in [1.54, 1.807) is 37.3 Å². The van der Waals surface area contributed by atoms with Crippen LogP contribution in [-0.2, 0) is 26.2 Å². The van der Waals surface area contributed by atoms with Crippen molar-refractivity contribution < 1.29 is 22.4 Å². The maximum Gasteiger partial charge on any atom is 0.264 e. The highest BCUT2D eigenvalue weighted by atomic mass is 35.5. The number of nitrogens with zero attached hydrogens (tertiary/aromatic N) is 2. The van der Waals surface area contributed by atoms with Gasteiger partial charge in [-0.2, -0.15) is 0 Å². The molecule has 2 atom stereocenters. The molecule has 0 aliphatic carbocycles. The lowest BCUT2D eigenvalue weighted by Crippen LogP contribution is -2.52. The predicted molar refractivity (Wildman–Crippen MR) is 156 cm³/mol. The molecule has 0 aliphatic rings. The maximum absolute atomic E-state index is 15.0. The van der Waals surface area contributed by atoms with Gasteiger partial charge in [-0.1, -0.05) is 66.0 Å². The molecule has 0 saturated carbocycles. The second-order valence-electron chi connectivity index (χ2n) is 9.49. The Hall–Kier alpha value is -3.14. The average molecular weight is 609 g/mol. The zero-order valence-electron chi connectivity index (χ0n) is 22.7. The lowest BCUT2D eigenvalue weighted by atomic mass is 10.1. The van der Waals surface area contributed by atoms with E-state index in [-0.39, 0.29) is 33.2 Å². The molecule has 40 heavy (non-hydrogen) atoms. The van der Waals surface area contributed by atoms with E-state index in [1.807, 2.05) is 13.8 Å². The number of para-hydroxylation sites is 1. The molecular formula is C29H32Cl2FN3O4S. The van der Waals surface area contributed by atoms with Crippen LogP contribution in [0.5, 0.6) is 0 Å². The van der Waals surface area contributed by atoms with Gasteiger partial charge in [0, 0.05) is 28.2 Å². The third kappa shape index (κ3) is 7.33. The van der Waals surface area contributed by atoms with Crippen molar-refractivity contribution in [3.8, 4) is 0 Å². The van der Waals surface area contributed by atoms with Gasteiger partial charge >= 0.3 is 0 Å². The van der Waals surface area contributed by atoms with E-state index in [0.717, 1.165) is 15.9 Å². The molecule has 214 valence electrons. The molecule has 11 heteroatoms. The quantitative estimate of drug-likeness (QED) is 0.291. The van der Waals surface area contributed by atoms with Crippen LogP contribution in [0.25, 0.3) is 0 Å².